The number of hydrogen-bond acceptors (Lipinski definition) is 0. The van der Waals surface area contributed by atoms with Gasteiger partial charge in [0.25, 0.3) is 6.08 Å². The molecule has 0 rings (SSSR count). The summed E-state index contributed by atoms with van der Waals surface area (Å²) in [5, 5.41) is 0. The SMILES string of the molecule is CC.CC.CCCCC=C(F)F. The topological polar surface area (TPSA) is 0 Å². The smallest absolute Gasteiger partial charge is 0.174 e. The van der Waals surface area contributed by atoms with Crippen molar-refractivity contribution in [1.82, 2.24) is 0 Å². The number of allylic oxidation sites excluding steroid dienone is 1. The highest BCUT2D eigenvalue weighted by atomic mass is 19.3. The van der Waals surface area contributed by atoms with Crippen LogP contribution in [0.25, 0.3) is 0 Å². The second-order valence-electron chi connectivity index (χ2n) is 1.64. The number of halogens is 2. The minimum absolute atomic E-state index is 0.513. The molecule has 0 aromatic carbocycles. The molecule has 0 bridgehead atoms. The predicted octanol–water partition coefficient (Wildman–Crippen LogP) is 5.01. The second kappa shape index (κ2) is 22.4. The Kier molecular flexibility index (Phi) is 32.9. The van der Waals surface area contributed by atoms with Gasteiger partial charge in [-0.3, -0.25) is 0 Å². The van der Waals surface area contributed by atoms with Crippen LogP contribution in [0.1, 0.15) is 53.9 Å². The Morgan fingerprint density at radius 1 is 1.08 bits per heavy atom. The maximum Gasteiger partial charge on any atom is 0.266 e. The highest BCUT2D eigenvalue weighted by Gasteiger charge is 1.84. The molecule has 0 aromatic heterocycles. The Labute approximate surface area is 75.7 Å². The van der Waals surface area contributed by atoms with Crippen molar-refractivity contribution >= 4 is 0 Å². The van der Waals surface area contributed by atoms with E-state index >= 15 is 0 Å². The number of rotatable bonds is 3. The summed E-state index contributed by atoms with van der Waals surface area (Å²) in [5.74, 6) is 0. The number of hydrogen-bond donors (Lipinski definition) is 0. The van der Waals surface area contributed by atoms with Crippen LogP contribution >= 0.6 is 0 Å². The van der Waals surface area contributed by atoms with Gasteiger partial charge in [-0.2, -0.15) is 8.78 Å². The highest BCUT2D eigenvalue weighted by molar-refractivity contribution is 4.79. The number of unbranched alkanes of at least 4 members (excludes halogenated alkanes) is 2. The van der Waals surface area contributed by atoms with Crippen LogP contribution in [0.15, 0.2) is 12.2 Å². The summed E-state index contributed by atoms with van der Waals surface area (Å²) in [5.41, 5.74) is 0. The summed E-state index contributed by atoms with van der Waals surface area (Å²) in [4.78, 5) is 0. The third-order valence-corrected chi connectivity index (χ3v) is 0.856. The van der Waals surface area contributed by atoms with Gasteiger partial charge in [-0.25, -0.2) is 0 Å². The highest BCUT2D eigenvalue weighted by Crippen LogP contribution is 2.02. The predicted molar refractivity (Wildman–Crippen MR) is 52.5 cm³/mol. The van der Waals surface area contributed by atoms with Gasteiger partial charge in [-0.15, -0.1) is 0 Å². The standard InChI is InChI=1S/C6H10F2.2C2H6/c1-2-3-4-5-6(7)8;2*1-2/h5H,2-4H2,1H3;2*1-2H3. The zero-order chi connectivity index (χ0) is 10.4. The first kappa shape index (κ1) is 17.6. The minimum atomic E-state index is -1.56. The van der Waals surface area contributed by atoms with Crippen LogP contribution in [0, 0.1) is 0 Å². The van der Waals surface area contributed by atoms with Crippen LogP contribution in [0.5, 0.6) is 0 Å². The first-order valence-corrected chi connectivity index (χ1v) is 4.78. The fourth-order valence-electron chi connectivity index (χ4n) is 0.415. The van der Waals surface area contributed by atoms with Gasteiger partial charge in [0.05, 0.1) is 0 Å². The molecule has 0 atom stereocenters. The molecule has 0 spiro atoms. The van der Waals surface area contributed by atoms with Crippen LogP contribution in [0.2, 0.25) is 0 Å². The molecule has 0 aliphatic rings. The van der Waals surface area contributed by atoms with E-state index in [0.29, 0.717) is 6.42 Å². The lowest BCUT2D eigenvalue weighted by molar-refractivity contribution is 0.417. The maximum absolute atomic E-state index is 11.2. The van der Waals surface area contributed by atoms with Crippen molar-refractivity contribution < 1.29 is 8.78 Å². The van der Waals surface area contributed by atoms with Crippen molar-refractivity contribution in [3.05, 3.63) is 12.2 Å². The van der Waals surface area contributed by atoms with Gasteiger partial charge in [0.1, 0.15) is 0 Å². The molecule has 76 valence electrons. The van der Waals surface area contributed by atoms with Crippen LogP contribution in [0.4, 0.5) is 8.78 Å². The van der Waals surface area contributed by atoms with E-state index in [9.17, 15) is 8.78 Å². The molecular formula is C10H22F2. The van der Waals surface area contributed by atoms with Gasteiger partial charge in [0, 0.05) is 0 Å². The normalized spacial score (nSPS) is 6.92. The molecule has 0 N–H and O–H groups in total. The third kappa shape index (κ3) is 33.6. The van der Waals surface area contributed by atoms with Gasteiger partial charge in [-0.05, 0) is 18.9 Å². The zero-order valence-corrected chi connectivity index (χ0v) is 8.95. The van der Waals surface area contributed by atoms with E-state index in [-0.39, 0.29) is 0 Å². The third-order valence-electron chi connectivity index (χ3n) is 0.856. The van der Waals surface area contributed by atoms with Gasteiger partial charge in [0.15, 0.2) is 0 Å². The molecule has 0 nitrogen and oxygen atoms in total. The van der Waals surface area contributed by atoms with E-state index in [1.807, 2.05) is 34.6 Å². The van der Waals surface area contributed by atoms with Crippen molar-refractivity contribution in [2.75, 3.05) is 0 Å². The Balaban J connectivity index is -0.000000175. The van der Waals surface area contributed by atoms with Crippen LogP contribution in [0.3, 0.4) is 0 Å². The van der Waals surface area contributed by atoms with Crippen molar-refractivity contribution in [1.29, 1.82) is 0 Å². The molecular weight excluding hydrogens is 158 g/mol. The molecule has 0 heterocycles. The lowest BCUT2D eigenvalue weighted by Gasteiger charge is -1.84. The van der Waals surface area contributed by atoms with Gasteiger partial charge < -0.3 is 0 Å². The Morgan fingerprint density at radius 3 is 1.75 bits per heavy atom. The fourth-order valence-corrected chi connectivity index (χ4v) is 0.415. The molecule has 0 aliphatic carbocycles. The molecule has 0 aliphatic heterocycles. The van der Waals surface area contributed by atoms with E-state index in [1.54, 1.807) is 0 Å². The summed E-state index contributed by atoms with van der Waals surface area (Å²) in [6.07, 6.45) is 1.75. The Morgan fingerprint density at radius 2 is 1.50 bits per heavy atom. The largest absolute Gasteiger partial charge is 0.266 e. The average Bonchev–Trinajstić information content (AvgIpc) is 2.12. The molecule has 0 saturated heterocycles. The average molecular weight is 180 g/mol. The van der Waals surface area contributed by atoms with Crippen molar-refractivity contribution in [3.8, 4) is 0 Å². The summed E-state index contributed by atoms with van der Waals surface area (Å²) >= 11 is 0. The van der Waals surface area contributed by atoms with Gasteiger partial charge >= 0.3 is 0 Å². The first-order chi connectivity index (χ1) is 5.77. The summed E-state index contributed by atoms with van der Waals surface area (Å²) in [7, 11) is 0. The zero-order valence-electron chi connectivity index (χ0n) is 8.95. The second-order valence-corrected chi connectivity index (χ2v) is 1.64. The molecule has 0 fully saturated rings. The summed E-state index contributed by atoms with van der Waals surface area (Å²) in [6.45, 7) is 9.98. The van der Waals surface area contributed by atoms with E-state index in [1.165, 1.54) is 0 Å². The van der Waals surface area contributed by atoms with Crippen LogP contribution < -0.4 is 0 Å². The van der Waals surface area contributed by atoms with E-state index in [0.717, 1.165) is 18.9 Å². The van der Waals surface area contributed by atoms with Gasteiger partial charge in [0.2, 0.25) is 0 Å². The fraction of sp³-hybridized carbons (Fsp3) is 0.800. The maximum atomic E-state index is 11.2. The van der Waals surface area contributed by atoms with Crippen LogP contribution in [-0.2, 0) is 0 Å². The monoisotopic (exact) mass is 180 g/mol. The molecule has 0 aromatic rings. The van der Waals surface area contributed by atoms with Crippen LogP contribution in [-0.4, -0.2) is 0 Å². The van der Waals surface area contributed by atoms with Crippen molar-refractivity contribution in [3.63, 3.8) is 0 Å². The molecule has 0 amide bonds. The molecule has 2 heteroatoms. The van der Waals surface area contributed by atoms with Gasteiger partial charge in [-0.1, -0.05) is 41.0 Å². The lowest BCUT2D eigenvalue weighted by atomic mass is 10.2. The molecule has 0 unspecified atom stereocenters. The van der Waals surface area contributed by atoms with Crippen molar-refractivity contribution in [2.45, 2.75) is 53.9 Å². The molecule has 12 heavy (non-hydrogen) atoms. The summed E-state index contributed by atoms with van der Waals surface area (Å²) < 4.78 is 22.4. The Bertz CT molecular complexity index is 73.9. The van der Waals surface area contributed by atoms with E-state index < -0.39 is 6.08 Å². The van der Waals surface area contributed by atoms with Crippen molar-refractivity contribution in [2.24, 2.45) is 0 Å². The quantitative estimate of drug-likeness (QED) is 0.535. The molecule has 0 saturated carbocycles. The minimum Gasteiger partial charge on any atom is -0.174 e. The molecule has 0 radical (unpaired) electrons. The lowest BCUT2D eigenvalue weighted by Crippen LogP contribution is -1.66. The Hall–Kier alpha value is -0.400. The first-order valence-electron chi connectivity index (χ1n) is 4.78. The summed E-state index contributed by atoms with van der Waals surface area (Å²) in [6, 6.07) is 0. The van der Waals surface area contributed by atoms with E-state index in [2.05, 4.69) is 0 Å². The van der Waals surface area contributed by atoms with E-state index in [4.69, 9.17) is 0 Å².